The molecule has 1 saturated carbocycles. The largest absolute Gasteiger partial charge is 0.480 e. The minimum atomic E-state index is -0.849. The molecule has 1 aliphatic carbocycles. The van der Waals surface area contributed by atoms with Gasteiger partial charge in [0.1, 0.15) is 6.04 Å². The van der Waals surface area contributed by atoms with Gasteiger partial charge in [-0.05, 0) is 24.7 Å². The van der Waals surface area contributed by atoms with E-state index < -0.39 is 12.0 Å². The van der Waals surface area contributed by atoms with Crippen molar-refractivity contribution in [1.29, 1.82) is 0 Å². The Hall–Kier alpha value is -1.06. The Balaban J connectivity index is 2.16. The van der Waals surface area contributed by atoms with Crippen LogP contribution in [0.15, 0.2) is 0 Å². The second-order valence-corrected chi connectivity index (χ2v) is 5.27. The number of amides is 1. The molecular formula is C12H19NO3. The number of carboxylic acids is 1. The molecule has 4 heteroatoms. The number of hydrogen-bond acceptors (Lipinski definition) is 2. The van der Waals surface area contributed by atoms with Gasteiger partial charge in [-0.1, -0.05) is 19.3 Å². The summed E-state index contributed by atoms with van der Waals surface area (Å²) in [6.45, 7) is 2.12. The Morgan fingerprint density at radius 1 is 1.25 bits per heavy atom. The molecule has 0 aromatic carbocycles. The summed E-state index contributed by atoms with van der Waals surface area (Å²) in [4.78, 5) is 24.1. The third-order valence-electron chi connectivity index (χ3n) is 4.11. The minimum Gasteiger partial charge on any atom is -0.480 e. The monoisotopic (exact) mass is 225 g/mol. The second-order valence-electron chi connectivity index (χ2n) is 5.27. The van der Waals surface area contributed by atoms with Crippen LogP contribution in [0, 0.1) is 5.41 Å². The van der Waals surface area contributed by atoms with Crippen LogP contribution in [0.2, 0.25) is 0 Å². The molecule has 1 unspecified atom stereocenters. The zero-order valence-electron chi connectivity index (χ0n) is 9.74. The number of likely N-dealkylation sites (tertiary alicyclic amines) is 1. The highest BCUT2D eigenvalue weighted by Gasteiger charge is 2.47. The lowest BCUT2D eigenvalue weighted by Gasteiger charge is -2.32. The van der Waals surface area contributed by atoms with E-state index in [9.17, 15) is 9.59 Å². The van der Waals surface area contributed by atoms with Crippen LogP contribution in [0.25, 0.3) is 0 Å². The summed E-state index contributed by atoms with van der Waals surface area (Å²) in [6, 6.07) is -0.587. The molecular weight excluding hydrogens is 206 g/mol. The maximum atomic E-state index is 11.4. The average Bonchev–Trinajstić information content (AvgIpc) is 2.59. The van der Waals surface area contributed by atoms with Gasteiger partial charge in [0.15, 0.2) is 0 Å². The highest BCUT2D eigenvalue weighted by molar-refractivity contribution is 5.83. The maximum Gasteiger partial charge on any atom is 0.326 e. The lowest BCUT2D eigenvalue weighted by atomic mass is 9.73. The molecule has 0 aromatic rings. The van der Waals surface area contributed by atoms with Crippen molar-refractivity contribution in [3.05, 3.63) is 0 Å². The van der Waals surface area contributed by atoms with E-state index in [4.69, 9.17) is 5.11 Å². The van der Waals surface area contributed by atoms with Crippen molar-refractivity contribution in [3.63, 3.8) is 0 Å². The number of carbonyl (C=O) groups is 2. The van der Waals surface area contributed by atoms with Crippen LogP contribution in [0.3, 0.4) is 0 Å². The highest BCUT2D eigenvalue weighted by atomic mass is 16.4. The molecule has 1 aliphatic heterocycles. The SMILES string of the molecule is CC(=O)N1CC2(CCCCC2)CC1C(=O)O. The van der Waals surface area contributed by atoms with Gasteiger partial charge in [-0.15, -0.1) is 0 Å². The third-order valence-corrected chi connectivity index (χ3v) is 4.11. The van der Waals surface area contributed by atoms with Crippen LogP contribution in [-0.2, 0) is 9.59 Å². The fourth-order valence-electron chi connectivity index (χ4n) is 3.27. The molecule has 2 rings (SSSR count). The summed E-state index contributed by atoms with van der Waals surface area (Å²) in [5.41, 5.74) is 0.104. The molecule has 0 radical (unpaired) electrons. The second kappa shape index (κ2) is 4.07. The molecule has 1 saturated heterocycles. The Bertz CT molecular complexity index is 283. The number of hydrogen-bond donors (Lipinski definition) is 1. The lowest BCUT2D eigenvalue weighted by Crippen LogP contribution is -2.39. The molecule has 2 fully saturated rings. The Morgan fingerprint density at radius 3 is 2.31 bits per heavy atom. The zero-order chi connectivity index (χ0) is 11.8. The van der Waals surface area contributed by atoms with Gasteiger partial charge in [0, 0.05) is 13.5 Å². The van der Waals surface area contributed by atoms with Crippen molar-refractivity contribution >= 4 is 11.9 Å². The van der Waals surface area contributed by atoms with E-state index in [1.54, 1.807) is 4.90 Å². The smallest absolute Gasteiger partial charge is 0.326 e. The molecule has 0 aromatic heterocycles. The van der Waals surface area contributed by atoms with Crippen molar-refractivity contribution < 1.29 is 14.7 Å². The molecule has 1 N–H and O–H groups in total. The first-order valence-corrected chi connectivity index (χ1v) is 6.04. The first-order valence-electron chi connectivity index (χ1n) is 6.04. The summed E-state index contributed by atoms with van der Waals surface area (Å²) in [7, 11) is 0. The molecule has 4 nitrogen and oxygen atoms in total. The number of aliphatic carboxylic acids is 1. The molecule has 1 atom stereocenters. The van der Waals surface area contributed by atoms with E-state index in [1.165, 1.54) is 26.2 Å². The average molecular weight is 225 g/mol. The van der Waals surface area contributed by atoms with Crippen LogP contribution >= 0.6 is 0 Å². The van der Waals surface area contributed by atoms with Crippen molar-refractivity contribution in [2.45, 2.75) is 51.5 Å². The number of carboxylic acid groups (broad SMARTS) is 1. The normalized spacial score (nSPS) is 28.3. The van der Waals surface area contributed by atoms with E-state index in [1.807, 2.05) is 0 Å². The highest BCUT2D eigenvalue weighted by Crippen LogP contribution is 2.46. The quantitative estimate of drug-likeness (QED) is 0.738. The van der Waals surface area contributed by atoms with E-state index in [0.29, 0.717) is 13.0 Å². The van der Waals surface area contributed by atoms with Crippen molar-refractivity contribution in [1.82, 2.24) is 4.90 Å². The topological polar surface area (TPSA) is 57.6 Å². The molecule has 1 amide bonds. The van der Waals surface area contributed by atoms with Crippen molar-refractivity contribution in [2.75, 3.05) is 6.54 Å². The summed E-state index contributed by atoms with van der Waals surface area (Å²) >= 11 is 0. The van der Waals surface area contributed by atoms with Gasteiger partial charge in [0.2, 0.25) is 5.91 Å². The van der Waals surface area contributed by atoms with Crippen LogP contribution in [0.5, 0.6) is 0 Å². The number of carbonyl (C=O) groups excluding carboxylic acids is 1. The Kier molecular flexibility index (Phi) is 2.91. The summed E-state index contributed by atoms with van der Waals surface area (Å²) in [6.07, 6.45) is 6.43. The zero-order valence-corrected chi connectivity index (χ0v) is 9.74. The van der Waals surface area contributed by atoms with Gasteiger partial charge in [0.25, 0.3) is 0 Å². The molecule has 16 heavy (non-hydrogen) atoms. The molecule has 1 heterocycles. The van der Waals surface area contributed by atoms with Gasteiger partial charge < -0.3 is 10.0 Å². The Morgan fingerprint density at radius 2 is 1.88 bits per heavy atom. The Labute approximate surface area is 95.6 Å². The van der Waals surface area contributed by atoms with Crippen molar-refractivity contribution in [2.24, 2.45) is 5.41 Å². The first kappa shape index (κ1) is 11.4. The van der Waals surface area contributed by atoms with E-state index in [0.717, 1.165) is 12.8 Å². The lowest BCUT2D eigenvalue weighted by molar-refractivity contribution is -0.147. The summed E-state index contributed by atoms with van der Waals surface area (Å²) < 4.78 is 0. The van der Waals surface area contributed by atoms with E-state index in [-0.39, 0.29) is 11.3 Å². The fourth-order valence-corrected chi connectivity index (χ4v) is 3.27. The first-order chi connectivity index (χ1) is 7.54. The summed E-state index contributed by atoms with van der Waals surface area (Å²) in [5, 5.41) is 9.15. The molecule has 0 bridgehead atoms. The maximum absolute atomic E-state index is 11.4. The van der Waals surface area contributed by atoms with Crippen LogP contribution < -0.4 is 0 Å². The van der Waals surface area contributed by atoms with E-state index in [2.05, 4.69) is 0 Å². The fraction of sp³-hybridized carbons (Fsp3) is 0.833. The van der Waals surface area contributed by atoms with E-state index >= 15 is 0 Å². The van der Waals surface area contributed by atoms with Gasteiger partial charge in [-0.2, -0.15) is 0 Å². The van der Waals surface area contributed by atoms with Gasteiger partial charge >= 0.3 is 5.97 Å². The van der Waals surface area contributed by atoms with Crippen LogP contribution in [-0.4, -0.2) is 34.5 Å². The molecule has 1 spiro atoms. The number of rotatable bonds is 1. The summed E-state index contributed by atoms with van der Waals surface area (Å²) in [5.74, 6) is -0.951. The molecule has 2 aliphatic rings. The van der Waals surface area contributed by atoms with Crippen LogP contribution in [0.1, 0.15) is 45.4 Å². The van der Waals surface area contributed by atoms with Gasteiger partial charge in [-0.3, -0.25) is 4.79 Å². The standard InChI is InChI=1S/C12H19NO3/c1-9(14)13-8-12(5-3-2-4-6-12)7-10(13)11(15)16/h10H,2-8H2,1H3,(H,15,16). The third kappa shape index (κ3) is 1.93. The molecule has 90 valence electrons. The van der Waals surface area contributed by atoms with Gasteiger partial charge in [0.05, 0.1) is 0 Å². The predicted molar refractivity (Wildman–Crippen MR) is 58.9 cm³/mol. The number of nitrogens with zero attached hydrogens (tertiary/aromatic N) is 1. The van der Waals surface area contributed by atoms with Crippen molar-refractivity contribution in [3.8, 4) is 0 Å². The predicted octanol–water partition coefficient (Wildman–Crippen LogP) is 1.64. The van der Waals surface area contributed by atoms with Crippen LogP contribution in [0.4, 0.5) is 0 Å². The minimum absolute atomic E-state index is 0.102. The van der Waals surface area contributed by atoms with Gasteiger partial charge in [-0.25, -0.2) is 4.79 Å².